The van der Waals surface area contributed by atoms with Crippen LogP contribution in [0, 0.1) is 0 Å². The minimum atomic E-state index is 0.0540. The van der Waals surface area contributed by atoms with Gasteiger partial charge in [-0.05, 0) is 38.8 Å². The van der Waals surface area contributed by atoms with Crippen LogP contribution in [-0.2, 0) is 11.3 Å². The maximum Gasteiger partial charge on any atom is 0.221 e. The van der Waals surface area contributed by atoms with E-state index in [1.54, 1.807) is 0 Å². The molecule has 1 aromatic carbocycles. The lowest BCUT2D eigenvalue weighted by Crippen LogP contribution is -2.26. The molecule has 0 aromatic heterocycles. The fraction of sp³-hybridized carbons (Fsp3) is 0.533. The van der Waals surface area contributed by atoms with E-state index in [9.17, 15) is 4.79 Å². The highest BCUT2D eigenvalue weighted by Gasteiger charge is 2.02. The van der Waals surface area contributed by atoms with E-state index in [1.165, 1.54) is 0 Å². The fourth-order valence-corrected chi connectivity index (χ4v) is 1.62. The van der Waals surface area contributed by atoms with Crippen molar-refractivity contribution in [1.82, 2.24) is 15.5 Å². The van der Waals surface area contributed by atoms with Crippen molar-refractivity contribution in [2.45, 2.75) is 13.0 Å². The number of carbonyl (C=O) groups is 1. The third-order valence-electron chi connectivity index (χ3n) is 2.80. The van der Waals surface area contributed by atoms with Gasteiger partial charge in [-0.2, -0.15) is 0 Å². The number of ether oxygens (including phenoxy) is 1. The predicted octanol–water partition coefficient (Wildman–Crippen LogP) is 0.853. The van der Waals surface area contributed by atoms with Crippen LogP contribution < -0.4 is 15.4 Å². The second-order valence-electron chi connectivity index (χ2n) is 4.93. The Morgan fingerprint density at radius 2 is 2.15 bits per heavy atom. The molecule has 0 atom stereocenters. The number of benzene rings is 1. The first-order valence-corrected chi connectivity index (χ1v) is 6.89. The van der Waals surface area contributed by atoms with Gasteiger partial charge in [-0.1, -0.05) is 12.1 Å². The largest absolute Gasteiger partial charge is 0.492 e. The number of hydrogen-bond donors (Lipinski definition) is 2. The van der Waals surface area contributed by atoms with E-state index in [0.717, 1.165) is 17.9 Å². The van der Waals surface area contributed by atoms with Gasteiger partial charge in [0, 0.05) is 26.1 Å². The first-order chi connectivity index (χ1) is 9.61. The van der Waals surface area contributed by atoms with E-state index in [1.807, 2.05) is 45.4 Å². The smallest absolute Gasteiger partial charge is 0.221 e. The van der Waals surface area contributed by atoms with Crippen molar-refractivity contribution in [2.24, 2.45) is 0 Å². The number of rotatable bonds is 9. The van der Waals surface area contributed by atoms with Crippen molar-refractivity contribution in [1.29, 1.82) is 0 Å². The summed E-state index contributed by atoms with van der Waals surface area (Å²) < 4.78 is 5.66. The van der Waals surface area contributed by atoms with Crippen LogP contribution in [0.25, 0.3) is 0 Å². The average Bonchev–Trinajstić information content (AvgIpc) is 2.43. The zero-order valence-corrected chi connectivity index (χ0v) is 12.6. The van der Waals surface area contributed by atoms with E-state index in [2.05, 4.69) is 15.5 Å². The van der Waals surface area contributed by atoms with E-state index < -0.39 is 0 Å². The lowest BCUT2D eigenvalue weighted by Gasteiger charge is -2.12. The molecule has 1 aromatic rings. The van der Waals surface area contributed by atoms with Crippen LogP contribution in [0.2, 0.25) is 0 Å². The fourth-order valence-electron chi connectivity index (χ4n) is 1.62. The lowest BCUT2D eigenvalue weighted by atomic mass is 10.2. The molecule has 0 fully saturated rings. The van der Waals surface area contributed by atoms with Crippen molar-refractivity contribution in [3.8, 4) is 5.75 Å². The SMILES string of the molecule is CNCCC(=O)NCc1cccc(OCCN(C)C)c1. The molecular formula is C15H25N3O2. The quantitative estimate of drug-likeness (QED) is 0.704. The van der Waals surface area contributed by atoms with Crippen LogP contribution in [0.15, 0.2) is 24.3 Å². The molecule has 0 spiro atoms. The van der Waals surface area contributed by atoms with Gasteiger partial charge in [0.05, 0.1) is 0 Å². The van der Waals surface area contributed by atoms with Gasteiger partial charge < -0.3 is 20.3 Å². The van der Waals surface area contributed by atoms with Crippen molar-refractivity contribution >= 4 is 5.91 Å². The van der Waals surface area contributed by atoms with E-state index in [0.29, 0.717) is 26.1 Å². The summed E-state index contributed by atoms with van der Waals surface area (Å²) in [7, 11) is 5.86. The molecule has 5 heteroatoms. The third-order valence-corrected chi connectivity index (χ3v) is 2.80. The number of nitrogens with zero attached hydrogens (tertiary/aromatic N) is 1. The highest BCUT2D eigenvalue weighted by molar-refractivity contribution is 5.76. The van der Waals surface area contributed by atoms with Crippen LogP contribution in [0.5, 0.6) is 5.75 Å². The Labute approximate surface area is 121 Å². The number of nitrogens with one attached hydrogen (secondary N) is 2. The van der Waals surface area contributed by atoms with Crippen molar-refractivity contribution in [2.75, 3.05) is 40.8 Å². The van der Waals surface area contributed by atoms with Crippen LogP contribution >= 0.6 is 0 Å². The molecule has 0 heterocycles. The molecule has 2 N–H and O–H groups in total. The zero-order valence-electron chi connectivity index (χ0n) is 12.6. The number of hydrogen-bond acceptors (Lipinski definition) is 4. The maximum absolute atomic E-state index is 11.5. The Hall–Kier alpha value is -1.59. The van der Waals surface area contributed by atoms with Gasteiger partial charge in [0.15, 0.2) is 0 Å². The summed E-state index contributed by atoms with van der Waals surface area (Å²) in [5.41, 5.74) is 1.05. The molecule has 1 amide bonds. The molecular weight excluding hydrogens is 254 g/mol. The highest BCUT2D eigenvalue weighted by atomic mass is 16.5. The topological polar surface area (TPSA) is 53.6 Å². The standard InChI is InChI=1S/C15H25N3O2/c1-16-8-7-15(19)17-12-13-5-4-6-14(11-13)20-10-9-18(2)3/h4-6,11,16H,7-10,12H2,1-3H3,(H,17,19). The zero-order chi connectivity index (χ0) is 14.8. The van der Waals surface area contributed by atoms with Gasteiger partial charge in [-0.3, -0.25) is 4.79 Å². The molecule has 1 rings (SSSR count). The number of likely N-dealkylation sites (N-methyl/N-ethyl adjacent to an activating group) is 1. The van der Waals surface area contributed by atoms with E-state index >= 15 is 0 Å². The number of carbonyl (C=O) groups excluding carboxylic acids is 1. The summed E-state index contributed by atoms with van der Waals surface area (Å²) in [5.74, 6) is 0.895. The normalized spacial score (nSPS) is 10.6. The molecule has 0 aliphatic rings. The minimum absolute atomic E-state index is 0.0540. The monoisotopic (exact) mass is 279 g/mol. The molecule has 0 bridgehead atoms. The van der Waals surface area contributed by atoms with Crippen LogP contribution in [0.4, 0.5) is 0 Å². The molecule has 20 heavy (non-hydrogen) atoms. The lowest BCUT2D eigenvalue weighted by molar-refractivity contribution is -0.121. The maximum atomic E-state index is 11.5. The Kier molecular flexibility index (Phi) is 7.69. The summed E-state index contributed by atoms with van der Waals surface area (Å²) >= 11 is 0. The highest BCUT2D eigenvalue weighted by Crippen LogP contribution is 2.13. The van der Waals surface area contributed by atoms with Crippen LogP contribution in [0.3, 0.4) is 0 Å². The van der Waals surface area contributed by atoms with Gasteiger partial charge in [0.1, 0.15) is 12.4 Å². The second kappa shape index (κ2) is 9.34. The molecule has 5 nitrogen and oxygen atoms in total. The van der Waals surface area contributed by atoms with Crippen molar-refractivity contribution < 1.29 is 9.53 Å². The van der Waals surface area contributed by atoms with Gasteiger partial charge >= 0.3 is 0 Å². The Bertz CT molecular complexity index is 408. The van der Waals surface area contributed by atoms with Crippen molar-refractivity contribution in [3.05, 3.63) is 29.8 Å². The molecule has 0 aliphatic heterocycles. The molecule has 0 unspecified atom stereocenters. The van der Waals surface area contributed by atoms with Gasteiger partial charge in [-0.25, -0.2) is 0 Å². The van der Waals surface area contributed by atoms with E-state index in [-0.39, 0.29) is 5.91 Å². The summed E-state index contributed by atoms with van der Waals surface area (Å²) in [4.78, 5) is 13.6. The molecule has 0 aliphatic carbocycles. The first kappa shape index (κ1) is 16.5. The van der Waals surface area contributed by atoms with Crippen LogP contribution in [-0.4, -0.2) is 51.6 Å². The summed E-state index contributed by atoms with van der Waals surface area (Å²) in [6.45, 7) is 2.77. The first-order valence-electron chi connectivity index (χ1n) is 6.89. The second-order valence-corrected chi connectivity index (χ2v) is 4.93. The van der Waals surface area contributed by atoms with Gasteiger partial charge in [0.25, 0.3) is 0 Å². The predicted molar refractivity (Wildman–Crippen MR) is 80.9 cm³/mol. The van der Waals surface area contributed by atoms with Gasteiger partial charge in [0.2, 0.25) is 5.91 Å². The van der Waals surface area contributed by atoms with Gasteiger partial charge in [-0.15, -0.1) is 0 Å². The molecule has 0 saturated carbocycles. The molecule has 112 valence electrons. The third kappa shape index (κ3) is 7.11. The Balaban J connectivity index is 2.37. The Morgan fingerprint density at radius 1 is 1.35 bits per heavy atom. The Morgan fingerprint density at radius 3 is 2.85 bits per heavy atom. The summed E-state index contributed by atoms with van der Waals surface area (Å²) in [6, 6.07) is 7.83. The molecule has 0 radical (unpaired) electrons. The van der Waals surface area contributed by atoms with Crippen molar-refractivity contribution in [3.63, 3.8) is 0 Å². The van der Waals surface area contributed by atoms with Crippen LogP contribution in [0.1, 0.15) is 12.0 Å². The molecule has 0 saturated heterocycles. The summed E-state index contributed by atoms with van der Waals surface area (Å²) in [6.07, 6.45) is 0.496. The summed E-state index contributed by atoms with van der Waals surface area (Å²) in [5, 5.41) is 5.85. The van der Waals surface area contributed by atoms with E-state index in [4.69, 9.17) is 4.74 Å². The number of amides is 1. The average molecular weight is 279 g/mol. The minimum Gasteiger partial charge on any atom is -0.492 e.